The van der Waals surface area contributed by atoms with Crippen molar-refractivity contribution in [1.29, 1.82) is 0 Å². The first-order chi connectivity index (χ1) is 16.3. The van der Waals surface area contributed by atoms with Gasteiger partial charge in [0, 0.05) is 30.1 Å². The number of carbonyl (C=O) groups is 2. The smallest absolute Gasteiger partial charge is 0.326 e. The van der Waals surface area contributed by atoms with E-state index in [0.717, 1.165) is 24.7 Å². The summed E-state index contributed by atoms with van der Waals surface area (Å²) in [6.07, 6.45) is 1.55. The fraction of sp³-hybridized carbons (Fsp3) is 0.385. The van der Waals surface area contributed by atoms with Crippen LogP contribution >= 0.6 is 11.8 Å². The molecule has 180 valence electrons. The number of aliphatic carboxylic acids is 1. The van der Waals surface area contributed by atoms with E-state index in [-0.39, 0.29) is 17.9 Å². The average Bonchev–Trinajstić information content (AvgIpc) is 3.42. The van der Waals surface area contributed by atoms with Crippen molar-refractivity contribution in [2.24, 2.45) is 5.92 Å². The molecular formula is C26H31N3O4S. The third kappa shape index (κ3) is 5.39. The van der Waals surface area contributed by atoms with E-state index in [0.29, 0.717) is 6.42 Å². The zero-order valence-electron chi connectivity index (χ0n) is 19.7. The van der Waals surface area contributed by atoms with Crippen LogP contribution in [0.2, 0.25) is 0 Å². The van der Waals surface area contributed by atoms with Crippen LogP contribution in [0.3, 0.4) is 0 Å². The predicted molar refractivity (Wildman–Crippen MR) is 134 cm³/mol. The number of rotatable bonds is 5. The number of carboxylic acid groups (broad SMARTS) is 1. The summed E-state index contributed by atoms with van der Waals surface area (Å²) in [6.45, 7) is 6.16. The van der Waals surface area contributed by atoms with Crippen molar-refractivity contribution in [2.45, 2.75) is 50.6 Å². The van der Waals surface area contributed by atoms with E-state index >= 15 is 0 Å². The van der Waals surface area contributed by atoms with Crippen LogP contribution in [0.1, 0.15) is 50.1 Å². The van der Waals surface area contributed by atoms with E-state index < -0.39 is 12.0 Å². The van der Waals surface area contributed by atoms with Gasteiger partial charge in [0.25, 0.3) is 0 Å². The molecule has 0 saturated heterocycles. The number of para-hydroxylation sites is 1. The zero-order chi connectivity index (χ0) is 24.2. The van der Waals surface area contributed by atoms with Crippen LogP contribution in [0, 0.1) is 5.92 Å². The summed E-state index contributed by atoms with van der Waals surface area (Å²) in [7, 11) is 0. The third-order valence-corrected chi connectivity index (χ3v) is 6.84. The van der Waals surface area contributed by atoms with Crippen molar-refractivity contribution in [2.75, 3.05) is 12.5 Å². The zero-order valence-corrected chi connectivity index (χ0v) is 20.5. The Morgan fingerprint density at radius 2 is 2.03 bits per heavy atom. The molecule has 2 aliphatic heterocycles. The molecule has 0 spiro atoms. The summed E-state index contributed by atoms with van der Waals surface area (Å²) in [5, 5.41) is 16.1. The number of aromatic amines is 1. The van der Waals surface area contributed by atoms with E-state index in [2.05, 4.69) is 58.1 Å². The maximum Gasteiger partial charge on any atom is 0.326 e. The highest BCUT2D eigenvalue weighted by Gasteiger charge is 2.26. The Morgan fingerprint density at radius 1 is 1.24 bits per heavy atom. The van der Waals surface area contributed by atoms with E-state index in [9.17, 15) is 9.59 Å². The first-order valence-electron chi connectivity index (χ1n) is 11.6. The second kappa shape index (κ2) is 10.5. The van der Waals surface area contributed by atoms with Gasteiger partial charge >= 0.3 is 5.97 Å². The second-order valence-electron chi connectivity index (χ2n) is 9.03. The van der Waals surface area contributed by atoms with Crippen LogP contribution in [0.25, 0.3) is 10.9 Å². The molecule has 0 bridgehead atoms. The molecule has 7 nitrogen and oxygen atoms in total. The SMILES string of the molecule is CC(=O)N[C@H](CC(C)C)C(=O)O.c1ccc2c3c([nH]c2c1)[C@H](c1ccc2c(c1)SCO2)NCC3. The minimum atomic E-state index is -0.973. The number of ether oxygens (including phenoxy) is 1. The van der Waals surface area contributed by atoms with Gasteiger partial charge in [-0.3, -0.25) is 4.79 Å². The lowest BCUT2D eigenvalue weighted by Gasteiger charge is -2.25. The van der Waals surface area contributed by atoms with Gasteiger partial charge in [-0.05, 0) is 48.1 Å². The maximum absolute atomic E-state index is 10.6. The van der Waals surface area contributed by atoms with Gasteiger partial charge in [-0.2, -0.15) is 0 Å². The van der Waals surface area contributed by atoms with Crippen molar-refractivity contribution >= 4 is 34.5 Å². The van der Waals surface area contributed by atoms with Gasteiger partial charge in [0.1, 0.15) is 17.7 Å². The van der Waals surface area contributed by atoms with Crippen molar-refractivity contribution in [3.8, 4) is 5.75 Å². The first kappa shape index (κ1) is 24.2. The quantitative estimate of drug-likeness (QED) is 0.429. The lowest BCUT2D eigenvalue weighted by Crippen LogP contribution is -2.40. The van der Waals surface area contributed by atoms with Crippen molar-refractivity contribution in [3.63, 3.8) is 0 Å². The molecule has 2 aromatic carbocycles. The molecule has 1 amide bonds. The fourth-order valence-corrected chi connectivity index (χ4v) is 5.30. The summed E-state index contributed by atoms with van der Waals surface area (Å²) >= 11 is 1.77. The van der Waals surface area contributed by atoms with E-state index in [4.69, 9.17) is 9.84 Å². The number of fused-ring (bicyclic) bond motifs is 4. The van der Waals surface area contributed by atoms with Gasteiger partial charge in [0.2, 0.25) is 5.91 Å². The van der Waals surface area contributed by atoms with Gasteiger partial charge in [0.15, 0.2) is 0 Å². The van der Waals surface area contributed by atoms with Gasteiger partial charge in [-0.25, -0.2) is 4.79 Å². The Hall–Kier alpha value is -2.97. The molecule has 2 aliphatic rings. The highest BCUT2D eigenvalue weighted by atomic mass is 32.2. The third-order valence-electron chi connectivity index (χ3n) is 5.97. The topological polar surface area (TPSA) is 103 Å². The Bertz CT molecular complexity index is 1190. The standard InChI is InChI=1S/C18H16N2OS.C8H15NO3/c1-2-4-14-12(3-1)13-7-8-19-17(18(13)20-14)11-5-6-15-16(9-11)22-10-21-15;1-5(2)4-7(8(11)12)9-6(3)10/h1-6,9,17,19-20H,7-8,10H2;5,7H,4H2,1-3H3,(H,9,10)(H,11,12)/t17-;7-/m01/s1. The largest absolute Gasteiger partial charge is 0.481 e. The molecule has 0 unspecified atom stereocenters. The Morgan fingerprint density at radius 3 is 2.76 bits per heavy atom. The molecule has 2 atom stereocenters. The number of benzene rings is 2. The summed E-state index contributed by atoms with van der Waals surface area (Å²) in [5.74, 6) is 0.732. The molecule has 3 heterocycles. The van der Waals surface area contributed by atoms with Crippen LogP contribution in [0.15, 0.2) is 47.4 Å². The summed E-state index contributed by atoms with van der Waals surface area (Å²) in [4.78, 5) is 26.0. The summed E-state index contributed by atoms with van der Waals surface area (Å²) < 4.78 is 5.59. The van der Waals surface area contributed by atoms with E-state index in [1.807, 2.05) is 13.8 Å². The fourth-order valence-electron chi connectivity index (χ4n) is 4.50. The summed E-state index contributed by atoms with van der Waals surface area (Å²) in [6, 6.07) is 14.6. The number of amides is 1. The molecule has 0 saturated carbocycles. The number of aromatic nitrogens is 1. The van der Waals surface area contributed by atoms with Gasteiger partial charge in [0.05, 0.1) is 10.9 Å². The number of thioether (sulfide) groups is 1. The van der Waals surface area contributed by atoms with Crippen LogP contribution in [0.5, 0.6) is 5.75 Å². The number of H-pyrrole nitrogens is 1. The van der Waals surface area contributed by atoms with Crippen molar-refractivity contribution in [1.82, 2.24) is 15.6 Å². The Labute approximate surface area is 203 Å². The molecule has 34 heavy (non-hydrogen) atoms. The molecule has 0 radical (unpaired) electrons. The molecule has 8 heteroatoms. The second-order valence-corrected chi connectivity index (χ2v) is 10.00. The van der Waals surface area contributed by atoms with Gasteiger partial charge in [-0.15, -0.1) is 0 Å². The van der Waals surface area contributed by atoms with Crippen LogP contribution in [-0.4, -0.2) is 40.5 Å². The average molecular weight is 482 g/mol. The van der Waals surface area contributed by atoms with E-state index in [1.54, 1.807) is 11.8 Å². The minimum absolute atomic E-state index is 0.239. The predicted octanol–water partition coefficient (Wildman–Crippen LogP) is 4.47. The molecule has 0 fully saturated rings. The number of carbonyl (C=O) groups excluding carboxylic acids is 1. The Balaban J connectivity index is 0.000000197. The van der Waals surface area contributed by atoms with Crippen molar-refractivity contribution < 1.29 is 19.4 Å². The molecule has 0 aliphatic carbocycles. The number of nitrogens with one attached hydrogen (secondary N) is 3. The van der Waals surface area contributed by atoms with Gasteiger partial charge < -0.3 is 25.5 Å². The lowest BCUT2D eigenvalue weighted by molar-refractivity contribution is -0.142. The van der Waals surface area contributed by atoms with Crippen LogP contribution < -0.4 is 15.4 Å². The minimum Gasteiger partial charge on any atom is -0.481 e. The summed E-state index contributed by atoms with van der Waals surface area (Å²) in [5.41, 5.74) is 5.32. The molecule has 5 rings (SSSR count). The molecule has 4 N–H and O–H groups in total. The monoisotopic (exact) mass is 481 g/mol. The first-order valence-corrected chi connectivity index (χ1v) is 12.5. The normalized spacial score (nSPS) is 17.2. The number of carboxylic acids is 1. The lowest BCUT2D eigenvalue weighted by atomic mass is 9.94. The van der Waals surface area contributed by atoms with Crippen LogP contribution in [-0.2, 0) is 16.0 Å². The van der Waals surface area contributed by atoms with Gasteiger partial charge in [-0.1, -0.05) is 49.9 Å². The molecule has 1 aromatic heterocycles. The van der Waals surface area contributed by atoms with Crippen LogP contribution in [0.4, 0.5) is 0 Å². The molecule has 3 aromatic rings. The van der Waals surface area contributed by atoms with Crippen molar-refractivity contribution in [3.05, 3.63) is 59.3 Å². The Kier molecular flexibility index (Phi) is 7.48. The number of hydrogen-bond acceptors (Lipinski definition) is 5. The molecular weight excluding hydrogens is 450 g/mol. The highest BCUT2D eigenvalue weighted by molar-refractivity contribution is 7.99. The van der Waals surface area contributed by atoms with E-state index in [1.165, 1.54) is 39.5 Å². The maximum atomic E-state index is 10.6. The highest BCUT2D eigenvalue weighted by Crippen LogP contribution is 2.40. The number of hydrogen-bond donors (Lipinski definition) is 4.